The average Bonchev–Trinajstić information content (AvgIpc) is 2.38. The lowest BCUT2D eigenvalue weighted by atomic mass is 10.00. The van der Waals surface area contributed by atoms with Crippen LogP contribution in [0.15, 0.2) is 18.2 Å². The number of benzene rings is 1. The predicted molar refractivity (Wildman–Crippen MR) is 78.0 cm³/mol. The fourth-order valence-electron chi connectivity index (χ4n) is 2.42. The molecule has 5 heteroatoms. The summed E-state index contributed by atoms with van der Waals surface area (Å²) in [5.74, 6) is 0.444. The number of nitrogen functional groups attached to an aromatic ring is 1. The summed E-state index contributed by atoms with van der Waals surface area (Å²) < 4.78 is 11.0. The first-order chi connectivity index (χ1) is 9.47. The van der Waals surface area contributed by atoms with Crippen LogP contribution in [0.5, 0.6) is 5.75 Å². The smallest absolute Gasteiger partial charge is 0.260 e. The number of anilines is 1. The number of ether oxygens (including phenoxy) is 2. The van der Waals surface area contributed by atoms with Crippen LogP contribution in [-0.4, -0.2) is 42.7 Å². The van der Waals surface area contributed by atoms with Crippen molar-refractivity contribution in [3.63, 3.8) is 0 Å². The van der Waals surface area contributed by atoms with Crippen molar-refractivity contribution in [2.75, 3.05) is 32.1 Å². The van der Waals surface area contributed by atoms with E-state index >= 15 is 0 Å². The van der Waals surface area contributed by atoms with Crippen molar-refractivity contribution in [3.05, 3.63) is 23.8 Å². The highest BCUT2D eigenvalue weighted by Gasteiger charge is 2.36. The Bertz CT molecular complexity index is 500. The quantitative estimate of drug-likeness (QED) is 0.858. The molecule has 1 fully saturated rings. The van der Waals surface area contributed by atoms with Gasteiger partial charge >= 0.3 is 0 Å². The van der Waals surface area contributed by atoms with E-state index in [0.29, 0.717) is 43.4 Å². The van der Waals surface area contributed by atoms with Gasteiger partial charge in [0.15, 0.2) is 0 Å². The molecule has 0 aromatic heterocycles. The number of hydrogen-bond donors (Lipinski definition) is 1. The highest BCUT2D eigenvalue weighted by molar-refractivity contribution is 6.02. The van der Waals surface area contributed by atoms with Gasteiger partial charge in [-0.25, -0.2) is 0 Å². The minimum atomic E-state index is -0.346. The van der Waals surface area contributed by atoms with Gasteiger partial charge in [0, 0.05) is 12.2 Å². The Morgan fingerprint density at radius 3 is 2.90 bits per heavy atom. The zero-order valence-corrected chi connectivity index (χ0v) is 12.3. The van der Waals surface area contributed by atoms with E-state index in [1.165, 1.54) is 0 Å². The van der Waals surface area contributed by atoms with Gasteiger partial charge in [0.05, 0.1) is 25.4 Å². The zero-order valence-electron chi connectivity index (χ0n) is 12.3. The van der Waals surface area contributed by atoms with Gasteiger partial charge in [-0.05, 0) is 32.9 Å². The standard InChI is InChI=1S/C15H22N2O3/c1-4-20-12-7-5-6-11(16)13(12)14(18)17-8-9-19-10-15(17,2)3/h5-7H,4,8-10,16H2,1-3H3. The molecule has 20 heavy (non-hydrogen) atoms. The van der Waals surface area contributed by atoms with Crippen molar-refractivity contribution in [3.8, 4) is 5.75 Å². The number of rotatable bonds is 3. The molecular formula is C15H22N2O3. The van der Waals surface area contributed by atoms with E-state index in [1.807, 2.05) is 25.7 Å². The number of carbonyl (C=O) groups excluding carboxylic acids is 1. The lowest BCUT2D eigenvalue weighted by molar-refractivity contribution is -0.0371. The van der Waals surface area contributed by atoms with Gasteiger partial charge in [-0.3, -0.25) is 4.79 Å². The van der Waals surface area contributed by atoms with E-state index in [1.54, 1.807) is 18.2 Å². The van der Waals surface area contributed by atoms with Crippen molar-refractivity contribution in [1.29, 1.82) is 0 Å². The second-order valence-electron chi connectivity index (χ2n) is 5.48. The molecule has 0 radical (unpaired) electrons. The third kappa shape index (κ3) is 2.72. The molecule has 0 aliphatic carbocycles. The van der Waals surface area contributed by atoms with Gasteiger partial charge in [0.1, 0.15) is 11.3 Å². The monoisotopic (exact) mass is 278 g/mol. The molecule has 1 heterocycles. The topological polar surface area (TPSA) is 64.8 Å². The molecule has 0 unspecified atom stereocenters. The highest BCUT2D eigenvalue weighted by atomic mass is 16.5. The number of amides is 1. The van der Waals surface area contributed by atoms with Crippen LogP contribution in [0.25, 0.3) is 0 Å². The van der Waals surface area contributed by atoms with E-state index in [9.17, 15) is 4.79 Å². The van der Waals surface area contributed by atoms with Crippen LogP contribution >= 0.6 is 0 Å². The largest absolute Gasteiger partial charge is 0.493 e. The number of morpholine rings is 1. The second-order valence-corrected chi connectivity index (χ2v) is 5.48. The van der Waals surface area contributed by atoms with E-state index < -0.39 is 0 Å². The van der Waals surface area contributed by atoms with Crippen molar-refractivity contribution in [2.45, 2.75) is 26.3 Å². The van der Waals surface area contributed by atoms with Crippen LogP contribution in [0.4, 0.5) is 5.69 Å². The minimum Gasteiger partial charge on any atom is -0.493 e. The van der Waals surface area contributed by atoms with Crippen molar-refractivity contribution in [2.24, 2.45) is 0 Å². The maximum atomic E-state index is 12.8. The summed E-state index contributed by atoms with van der Waals surface area (Å²) in [5.41, 5.74) is 6.54. The zero-order chi connectivity index (χ0) is 14.8. The van der Waals surface area contributed by atoms with E-state index in [0.717, 1.165) is 0 Å². The van der Waals surface area contributed by atoms with Crippen LogP contribution in [0, 0.1) is 0 Å². The second kappa shape index (κ2) is 5.71. The molecule has 0 spiro atoms. The summed E-state index contributed by atoms with van der Waals surface area (Å²) in [5, 5.41) is 0. The van der Waals surface area contributed by atoms with Crippen LogP contribution < -0.4 is 10.5 Å². The molecule has 1 aliphatic rings. The Morgan fingerprint density at radius 1 is 1.50 bits per heavy atom. The van der Waals surface area contributed by atoms with Gasteiger partial charge in [-0.15, -0.1) is 0 Å². The summed E-state index contributed by atoms with van der Waals surface area (Å²) in [6.07, 6.45) is 0. The Morgan fingerprint density at radius 2 is 2.25 bits per heavy atom. The summed E-state index contributed by atoms with van der Waals surface area (Å²) in [4.78, 5) is 14.7. The molecular weight excluding hydrogens is 256 g/mol. The van der Waals surface area contributed by atoms with Crippen LogP contribution in [0.1, 0.15) is 31.1 Å². The molecule has 1 aromatic carbocycles. The first-order valence-electron chi connectivity index (χ1n) is 6.88. The lowest BCUT2D eigenvalue weighted by Crippen LogP contribution is -2.55. The molecule has 0 saturated carbocycles. The molecule has 1 aliphatic heterocycles. The molecule has 2 N–H and O–H groups in total. The van der Waals surface area contributed by atoms with Gasteiger partial charge < -0.3 is 20.1 Å². The summed E-state index contributed by atoms with van der Waals surface area (Å²) in [6, 6.07) is 5.30. The van der Waals surface area contributed by atoms with Gasteiger partial charge in [-0.1, -0.05) is 6.07 Å². The number of hydrogen-bond acceptors (Lipinski definition) is 4. The fraction of sp³-hybridized carbons (Fsp3) is 0.533. The van der Waals surface area contributed by atoms with E-state index in [4.69, 9.17) is 15.2 Å². The predicted octanol–water partition coefficient (Wildman–Crippen LogP) is 1.92. The van der Waals surface area contributed by atoms with E-state index in [2.05, 4.69) is 0 Å². The van der Waals surface area contributed by atoms with Gasteiger partial charge in [-0.2, -0.15) is 0 Å². The minimum absolute atomic E-state index is 0.0974. The normalized spacial score (nSPS) is 17.9. The van der Waals surface area contributed by atoms with E-state index in [-0.39, 0.29) is 11.4 Å². The van der Waals surface area contributed by atoms with Crippen LogP contribution in [0.3, 0.4) is 0 Å². The molecule has 2 rings (SSSR count). The third-order valence-corrected chi connectivity index (χ3v) is 3.46. The fourth-order valence-corrected chi connectivity index (χ4v) is 2.42. The summed E-state index contributed by atoms with van der Waals surface area (Å²) >= 11 is 0. The molecule has 0 bridgehead atoms. The number of carbonyl (C=O) groups is 1. The van der Waals surface area contributed by atoms with Crippen LogP contribution in [0.2, 0.25) is 0 Å². The molecule has 0 atom stereocenters. The SMILES string of the molecule is CCOc1cccc(N)c1C(=O)N1CCOCC1(C)C. The molecule has 1 amide bonds. The number of nitrogens with two attached hydrogens (primary N) is 1. The van der Waals surface area contributed by atoms with Crippen molar-refractivity contribution < 1.29 is 14.3 Å². The van der Waals surface area contributed by atoms with Crippen molar-refractivity contribution in [1.82, 2.24) is 4.90 Å². The summed E-state index contributed by atoms with van der Waals surface area (Å²) in [7, 11) is 0. The first-order valence-corrected chi connectivity index (χ1v) is 6.88. The Labute approximate surface area is 119 Å². The number of nitrogens with zero attached hydrogens (tertiary/aromatic N) is 1. The Balaban J connectivity index is 2.37. The maximum absolute atomic E-state index is 12.8. The van der Waals surface area contributed by atoms with Crippen LogP contribution in [-0.2, 0) is 4.74 Å². The first kappa shape index (κ1) is 14.7. The molecule has 1 aromatic rings. The Kier molecular flexibility index (Phi) is 4.18. The Hall–Kier alpha value is -1.75. The molecule has 5 nitrogen and oxygen atoms in total. The maximum Gasteiger partial charge on any atom is 0.260 e. The highest BCUT2D eigenvalue weighted by Crippen LogP contribution is 2.30. The van der Waals surface area contributed by atoms with Gasteiger partial charge in [0.25, 0.3) is 5.91 Å². The lowest BCUT2D eigenvalue weighted by Gasteiger charge is -2.42. The average molecular weight is 278 g/mol. The van der Waals surface area contributed by atoms with Crippen molar-refractivity contribution >= 4 is 11.6 Å². The molecule has 1 saturated heterocycles. The summed E-state index contributed by atoms with van der Waals surface area (Å²) in [6.45, 7) is 7.99. The van der Waals surface area contributed by atoms with Gasteiger partial charge in [0.2, 0.25) is 0 Å². The molecule has 110 valence electrons. The third-order valence-electron chi connectivity index (χ3n) is 3.46.